The summed E-state index contributed by atoms with van der Waals surface area (Å²) in [4.78, 5) is 50.1. The number of carbonyl (C=O) groups is 4. The van der Waals surface area contributed by atoms with E-state index in [-0.39, 0.29) is 36.0 Å². The summed E-state index contributed by atoms with van der Waals surface area (Å²) in [6.45, 7) is 6.85. The molecule has 3 aliphatic heterocycles. The van der Waals surface area contributed by atoms with Crippen molar-refractivity contribution in [2.75, 3.05) is 19.6 Å². The number of hydrogen-bond acceptors (Lipinski definition) is 7. The van der Waals surface area contributed by atoms with Crippen LogP contribution in [-0.2, 0) is 20.9 Å². The van der Waals surface area contributed by atoms with Crippen molar-refractivity contribution >= 4 is 23.6 Å². The predicted octanol–water partition coefficient (Wildman–Crippen LogP) is -0.0556. The highest BCUT2D eigenvalue weighted by molar-refractivity contribution is 6.23. The smallest absolute Gasteiger partial charge is 0.262 e. The predicted molar refractivity (Wildman–Crippen MR) is 107 cm³/mol. The van der Waals surface area contributed by atoms with Crippen molar-refractivity contribution in [3.8, 4) is 0 Å². The van der Waals surface area contributed by atoms with Gasteiger partial charge in [0.05, 0.1) is 22.8 Å². The summed E-state index contributed by atoms with van der Waals surface area (Å²) in [5.74, 6) is -1.98. The van der Waals surface area contributed by atoms with Crippen LogP contribution in [0.1, 0.15) is 53.0 Å². The van der Waals surface area contributed by atoms with Crippen molar-refractivity contribution in [3.05, 3.63) is 34.9 Å². The van der Waals surface area contributed by atoms with Gasteiger partial charge in [-0.15, -0.1) is 0 Å². The molecule has 0 aliphatic carbocycles. The molecule has 1 aromatic rings. The fraction of sp³-hybridized carbons (Fsp3) is 0.524. The molecule has 9 heteroatoms. The lowest BCUT2D eigenvalue weighted by atomic mass is 10.0. The van der Waals surface area contributed by atoms with Crippen LogP contribution in [0.4, 0.5) is 0 Å². The molecule has 1 aromatic carbocycles. The monoisotopic (exact) mass is 414 g/mol. The van der Waals surface area contributed by atoms with Crippen LogP contribution in [0.2, 0.25) is 0 Å². The normalized spacial score (nSPS) is 26.0. The first-order chi connectivity index (χ1) is 14.2. The van der Waals surface area contributed by atoms with Crippen LogP contribution in [0.3, 0.4) is 0 Å². The molecule has 0 radical (unpaired) electrons. The topological polar surface area (TPSA) is 117 Å². The Labute approximate surface area is 174 Å². The molecule has 30 heavy (non-hydrogen) atoms. The minimum Gasteiger partial charge on any atom is -0.368 e. The van der Waals surface area contributed by atoms with Gasteiger partial charge >= 0.3 is 0 Å². The average molecular weight is 414 g/mol. The van der Waals surface area contributed by atoms with Gasteiger partial charge in [-0.3, -0.25) is 29.4 Å². The number of morpholine rings is 1. The SMILES string of the molecule is CC1(C)CNCC(CNCc2ccc3c(c2)C(=O)N(C2CCC(=O)NC2=O)C3=O)O1. The molecule has 2 unspecified atom stereocenters. The van der Waals surface area contributed by atoms with Gasteiger partial charge < -0.3 is 15.4 Å². The Balaban J connectivity index is 1.41. The van der Waals surface area contributed by atoms with Gasteiger partial charge in [0, 0.05) is 32.6 Å². The number of carbonyl (C=O) groups excluding carboxylic acids is 4. The largest absolute Gasteiger partial charge is 0.368 e. The maximum atomic E-state index is 12.9. The molecule has 3 N–H and O–H groups in total. The number of fused-ring (bicyclic) bond motifs is 1. The van der Waals surface area contributed by atoms with Crippen LogP contribution >= 0.6 is 0 Å². The molecule has 3 heterocycles. The molecule has 0 aromatic heterocycles. The number of nitrogens with one attached hydrogen (secondary N) is 3. The van der Waals surface area contributed by atoms with Crippen molar-refractivity contribution < 1.29 is 23.9 Å². The zero-order valence-electron chi connectivity index (χ0n) is 17.1. The van der Waals surface area contributed by atoms with E-state index < -0.39 is 23.8 Å². The molecule has 9 nitrogen and oxygen atoms in total. The lowest BCUT2D eigenvalue weighted by Crippen LogP contribution is -2.54. The van der Waals surface area contributed by atoms with Crippen molar-refractivity contribution in [1.29, 1.82) is 0 Å². The molecule has 0 bridgehead atoms. The summed E-state index contributed by atoms with van der Waals surface area (Å²) in [6, 6.07) is 4.17. The van der Waals surface area contributed by atoms with E-state index in [0.29, 0.717) is 18.7 Å². The third-order valence-electron chi connectivity index (χ3n) is 5.61. The second-order valence-corrected chi connectivity index (χ2v) is 8.59. The van der Waals surface area contributed by atoms with Crippen LogP contribution in [-0.4, -0.2) is 65.9 Å². The van der Waals surface area contributed by atoms with Crippen molar-refractivity contribution in [1.82, 2.24) is 20.9 Å². The Morgan fingerprint density at radius 3 is 2.67 bits per heavy atom. The number of rotatable bonds is 5. The van der Waals surface area contributed by atoms with Gasteiger partial charge in [-0.25, -0.2) is 0 Å². The number of benzene rings is 1. The van der Waals surface area contributed by atoms with E-state index in [9.17, 15) is 19.2 Å². The number of hydrogen-bond donors (Lipinski definition) is 3. The Hall–Kier alpha value is -2.62. The molecule has 160 valence electrons. The fourth-order valence-electron chi connectivity index (χ4n) is 4.19. The first kappa shape index (κ1) is 20.6. The summed E-state index contributed by atoms with van der Waals surface area (Å²) in [7, 11) is 0. The Bertz CT molecular complexity index is 913. The fourth-order valence-corrected chi connectivity index (χ4v) is 4.19. The van der Waals surface area contributed by atoms with E-state index in [1.165, 1.54) is 0 Å². The van der Waals surface area contributed by atoms with E-state index >= 15 is 0 Å². The maximum absolute atomic E-state index is 12.9. The third-order valence-corrected chi connectivity index (χ3v) is 5.61. The van der Waals surface area contributed by atoms with Gasteiger partial charge in [0.2, 0.25) is 11.8 Å². The Morgan fingerprint density at radius 2 is 1.93 bits per heavy atom. The summed E-state index contributed by atoms with van der Waals surface area (Å²) >= 11 is 0. The van der Waals surface area contributed by atoms with Gasteiger partial charge in [-0.2, -0.15) is 0 Å². The lowest BCUT2D eigenvalue weighted by Gasteiger charge is -2.36. The van der Waals surface area contributed by atoms with Gasteiger partial charge in [0.15, 0.2) is 0 Å². The van der Waals surface area contributed by atoms with E-state index in [1.54, 1.807) is 18.2 Å². The lowest BCUT2D eigenvalue weighted by molar-refractivity contribution is -0.136. The second kappa shape index (κ2) is 7.90. The molecule has 0 spiro atoms. The maximum Gasteiger partial charge on any atom is 0.262 e. The highest BCUT2D eigenvalue weighted by Crippen LogP contribution is 2.28. The first-order valence-electron chi connectivity index (χ1n) is 10.2. The van der Waals surface area contributed by atoms with Gasteiger partial charge in [0.25, 0.3) is 11.8 Å². The first-order valence-corrected chi connectivity index (χ1v) is 10.2. The second-order valence-electron chi connectivity index (χ2n) is 8.59. The molecule has 3 aliphatic rings. The minimum absolute atomic E-state index is 0.0504. The molecular formula is C21H26N4O5. The van der Waals surface area contributed by atoms with Crippen molar-refractivity contribution in [2.45, 2.75) is 51.0 Å². The Morgan fingerprint density at radius 1 is 1.17 bits per heavy atom. The van der Waals surface area contributed by atoms with Gasteiger partial charge in [-0.05, 0) is 38.0 Å². The molecule has 2 fully saturated rings. The highest BCUT2D eigenvalue weighted by atomic mass is 16.5. The number of piperidine rings is 1. The minimum atomic E-state index is -0.948. The summed E-state index contributed by atoms with van der Waals surface area (Å²) in [5, 5.41) is 8.89. The summed E-state index contributed by atoms with van der Waals surface area (Å²) in [5.41, 5.74) is 1.24. The molecular weight excluding hydrogens is 388 g/mol. The summed E-state index contributed by atoms with van der Waals surface area (Å²) in [6.07, 6.45) is 0.305. The molecule has 4 amide bonds. The zero-order valence-corrected chi connectivity index (χ0v) is 17.1. The van der Waals surface area contributed by atoms with Crippen molar-refractivity contribution in [2.24, 2.45) is 0 Å². The number of amides is 4. The molecule has 0 saturated carbocycles. The number of ether oxygens (including phenoxy) is 1. The molecule has 4 rings (SSSR count). The molecule has 2 atom stereocenters. The Kier molecular flexibility index (Phi) is 5.44. The quantitative estimate of drug-likeness (QED) is 0.578. The van der Waals surface area contributed by atoms with Crippen molar-refractivity contribution in [3.63, 3.8) is 0 Å². The van der Waals surface area contributed by atoms with E-state index in [1.807, 2.05) is 13.8 Å². The van der Waals surface area contributed by atoms with Crippen LogP contribution < -0.4 is 16.0 Å². The van der Waals surface area contributed by atoms with E-state index in [4.69, 9.17) is 4.74 Å². The zero-order chi connectivity index (χ0) is 21.5. The summed E-state index contributed by atoms with van der Waals surface area (Å²) < 4.78 is 6.02. The van der Waals surface area contributed by atoms with E-state index in [2.05, 4.69) is 16.0 Å². The average Bonchev–Trinajstić information content (AvgIpc) is 2.92. The molecule has 2 saturated heterocycles. The van der Waals surface area contributed by atoms with Crippen LogP contribution in [0.25, 0.3) is 0 Å². The highest BCUT2D eigenvalue weighted by Gasteiger charge is 2.44. The van der Waals surface area contributed by atoms with Crippen LogP contribution in [0, 0.1) is 0 Å². The van der Waals surface area contributed by atoms with Gasteiger partial charge in [0.1, 0.15) is 6.04 Å². The van der Waals surface area contributed by atoms with Crippen LogP contribution in [0.15, 0.2) is 18.2 Å². The van der Waals surface area contributed by atoms with Crippen LogP contribution in [0.5, 0.6) is 0 Å². The standard InChI is InChI=1S/C21H26N4O5/c1-21(2)11-23-10-13(30-21)9-22-8-12-3-4-14-15(7-12)20(29)25(19(14)28)16-5-6-17(26)24-18(16)27/h3-4,7,13,16,22-23H,5-6,8-11H2,1-2H3,(H,24,26,27). The van der Waals surface area contributed by atoms with E-state index in [0.717, 1.165) is 23.6 Å². The van der Waals surface area contributed by atoms with Gasteiger partial charge in [-0.1, -0.05) is 6.07 Å². The number of nitrogens with zero attached hydrogens (tertiary/aromatic N) is 1. The number of imide groups is 2. The third kappa shape index (κ3) is 4.00.